The average molecular weight is 548 g/mol. The number of nitrogens with one attached hydrogen (secondary N) is 2. The van der Waals surface area contributed by atoms with Crippen molar-refractivity contribution in [3.05, 3.63) is 88.7 Å². The molecule has 10 heteroatoms. The van der Waals surface area contributed by atoms with Gasteiger partial charge in [0.2, 0.25) is 15.9 Å². The zero-order valence-corrected chi connectivity index (χ0v) is 23.4. The maximum Gasteiger partial charge on any atom is 0.257 e. The molecule has 0 spiro atoms. The van der Waals surface area contributed by atoms with Gasteiger partial charge >= 0.3 is 0 Å². The molecule has 0 bridgehead atoms. The van der Waals surface area contributed by atoms with Crippen molar-refractivity contribution in [2.24, 2.45) is 11.0 Å². The number of carbonyl (C=O) groups is 2. The number of aromatic nitrogens is 1. The number of rotatable bonds is 7. The van der Waals surface area contributed by atoms with Crippen molar-refractivity contribution in [1.29, 1.82) is 0 Å². The Labute approximate surface area is 229 Å². The van der Waals surface area contributed by atoms with Crippen LogP contribution >= 0.6 is 0 Å². The normalized spacial score (nSPS) is 15.1. The highest BCUT2D eigenvalue weighted by molar-refractivity contribution is 7.89. The van der Waals surface area contributed by atoms with Crippen molar-refractivity contribution in [2.45, 2.75) is 45.4 Å². The van der Waals surface area contributed by atoms with E-state index in [-0.39, 0.29) is 30.8 Å². The summed E-state index contributed by atoms with van der Waals surface area (Å²) in [6, 6.07) is 14.3. The van der Waals surface area contributed by atoms with E-state index < -0.39 is 10.0 Å². The van der Waals surface area contributed by atoms with Crippen LogP contribution in [0.4, 0.5) is 5.69 Å². The molecule has 2 aromatic carbocycles. The van der Waals surface area contributed by atoms with E-state index in [1.165, 1.54) is 10.5 Å². The molecule has 0 saturated carbocycles. The lowest BCUT2D eigenvalue weighted by Crippen LogP contribution is -2.42. The van der Waals surface area contributed by atoms with Crippen LogP contribution in [0.1, 0.15) is 52.4 Å². The van der Waals surface area contributed by atoms with Gasteiger partial charge in [-0.1, -0.05) is 29.8 Å². The monoisotopic (exact) mass is 547 g/mol. The van der Waals surface area contributed by atoms with Gasteiger partial charge in [-0.15, -0.1) is 0 Å². The SMILES string of the molecule is C/C(=N/NC(=O)C1CCN(S(=O)(=O)c2c(C)cc(C)cc2C)CC1)c1cccc(NC(=O)c2cccnc2)c1. The maximum atomic E-state index is 13.3. The van der Waals surface area contributed by atoms with Gasteiger partial charge in [0, 0.05) is 37.1 Å². The quantitative estimate of drug-likeness (QED) is 0.339. The predicted octanol–water partition coefficient (Wildman–Crippen LogP) is 4.20. The topological polar surface area (TPSA) is 121 Å². The van der Waals surface area contributed by atoms with Crippen LogP contribution in [0, 0.1) is 26.7 Å². The molecular weight excluding hydrogens is 514 g/mol. The lowest BCUT2D eigenvalue weighted by molar-refractivity contribution is -0.126. The van der Waals surface area contributed by atoms with Crippen molar-refractivity contribution >= 4 is 33.2 Å². The van der Waals surface area contributed by atoms with Gasteiger partial charge in [0.05, 0.1) is 16.2 Å². The standard InChI is InChI=1S/C29H33N5O4S/c1-19-15-20(2)27(21(3)16-19)39(37,38)34-13-10-23(11-14-34)29(36)33-32-22(4)24-7-5-9-26(17-24)31-28(35)25-8-6-12-30-18-25/h5-9,12,15-18,23H,10-11,13-14H2,1-4H3,(H,31,35)(H,33,36)/b32-22-. The van der Waals surface area contributed by atoms with Gasteiger partial charge in [-0.25, -0.2) is 13.8 Å². The molecule has 1 aromatic heterocycles. The molecule has 4 rings (SSSR count). The van der Waals surface area contributed by atoms with Gasteiger partial charge in [0.1, 0.15) is 0 Å². The Bertz CT molecular complexity index is 1490. The number of hydrogen-bond donors (Lipinski definition) is 2. The molecule has 2 N–H and O–H groups in total. The fourth-order valence-corrected chi connectivity index (χ4v) is 6.76. The molecule has 39 heavy (non-hydrogen) atoms. The van der Waals surface area contributed by atoms with Gasteiger partial charge in [-0.05, 0) is 81.5 Å². The number of pyridine rings is 1. The molecule has 3 aromatic rings. The summed E-state index contributed by atoms with van der Waals surface area (Å²) >= 11 is 0. The van der Waals surface area contributed by atoms with Gasteiger partial charge in [0.15, 0.2) is 0 Å². The Hall–Kier alpha value is -3.89. The van der Waals surface area contributed by atoms with Crippen LogP contribution in [0.25, 0.3) is 0 Å². The van der Waals surface area contributed by atoms with Crippen molar-refractivity contribution < 1.29 is 18.0 Å². The Morgan fingerprint density at radius 3 is 2.28 bits per heavy atom. The van der Waals surface area contributed by atoms with E-state index in [0.717, 1.165) is 22.3 Å². The van der Waals surface area contributed by atoms with Crippen LogP contribution in [-0.2, 0) is 14.8 Å². The highest BCUT2D eigenvalue weighted by Gasteiger charge is 2.33. The Balaban J connectivity index is 1.35. The van der Waals surface area contributed by atoms with E-state index in [1.807, 2.05) is 39.0 Å². The summed E-state index contributed by atoms with van der Waals surface area (Å²) in [6.07, 6.45) is 3.93. The second kappa shape index (κ2) is 11.9. The third-order valence-corrected chi connectivity index (χ3v) is 9.03. The number of nitrogens with zero attached hydrogens (tertiary/aromatic N) is 3. The summed E-state index contributed by atoms with van der Waals surface area (Å²) in [6.45, 7) is 7.89. The number of benzene rings is 2. The second-order valence-corrected chi connectivity index (χ2v) is 11.7. The fraction of sp³-hybridized carbons (Fsp3) is 0.310. The molecule has 0 aliphatic carbocycles. The summed E-state index contributed by atoms with van der Waals surface area (Å²) in [5, 5.41) is 7.09. The number of sulfonamides is 1. The Morgan fingerprint density at radius 1 is 0.974 bits per heavy atom. The molecule has 0 radical (unpaired) electrons. The maximum absolute atomic E-state index is 13.3. The minimum absolute atomic E-state index is 0.241. The summed E-state index contributed by atoms with van der Waals surface area (Å²) < 4.78 is 28.1. The molecule has 1 aliphatic heterocycles. The van der Waals surface area contributed by atoms with Crippen LogP contribution in [0.15, 0.2) is 70.9 Å². The van der Waals surface area contributed by atoms with Crippen LogP contribution in [0.2, 0.25) is 0 Å². The van der Waals surface area contributed by atoms with E-state index in [9.17, 15) is 18.0 Å². The van der Waals surface area contributed by atoms with Crippen molar-refractivity contribution in [3.63, 3.8) is 0 Å². The molecule has 0 atom stereocenters. The molecular formula is C29H33N5O4S. The summed E-state index contributed by atoms with van der Waals surface area (Å²) in [5.74, 6) is -0.849. The zero-order chi connectivity index (χ0) is 28.2. The number of hydrazone groups is 1. The lowest BCUT2D eigenvalue weighted by atomic mass is 9.98. The van der Waals surface area contributed by atoms with Gasteiger partial charge in [0.25, 0.3) is 5.91 Å². The number of amides is 2. The predicted molar refractivity (Wildman–Crippen MR) is 151 cm³/mol. The fourth-order valence-electron chi connectivity index (χ4n) is 4.88. The van der Waals surface area contributed by atoms with Gasteiger partial charge in [-0.3, -0.25) is 14.6 Å². The van der Waals surface area contributed by atoms with Crippen LogP contribution in [0.5, 0.6) is 0 Å². The Morgan fingerprint density at radius 2 is 1.64 bits per heavy atom. The third kappa shape index (κ3) is 6.58. The van der Waals surface area contributed by atoms with E-state index in [1.54, 1.807) is 43.5 Å². The number of aryl methyl sites for hydroxylation is 3. The molecule has 0 unspecified atom stereocenters. The third-order valence-electron chi connectivity index (χ3n) is 6.82. The van der Waals surface area contributed by atoms with Crippen LogP contribution in [-0.4, -0.2) is 48.3 Å². The van der Waals surface area contributed by atoms with Crippen LogP contribution < -0.4 is 10.7 Å². The number of carbonyl (C=O) groups excluding carboxylic acids is 2. The Kier molecular flexibility index (Phi) is 8.57. The smallest absolute Gasteiger partial charge is 0.257 e. The molecule has 1 saturated heterocycles. The second-order valence-electron chi connectivity index (χ2n) is 9.86. The highest BCUT2D eigenvalue weighted by atomic mass is 32.2. The van der Waals surface area contributed by atoms with Crippen molar-refractivity contribution in [3.8, 4) is 0 Å². The lowest BCUT2D eigenvalue weighted by Gasteiger charge is -2.31. The van der Waals surface area contributed by atoms with Crippen molar-refractivity contribution in [2.75, 3.05) is 18.4 Å². The number of hydrogen-bond acceptors (Lipinski definition) is 6. The summed E-state index contributed by atoms with van der Waals surface area (Å²) in [7, 11) is -3.64. The minimum Gasteiger partial charge on any atom is -0.322 e. The van der Waals surface area contributed by atoms with E-state index >= 15 is 0 Å². The van der Waals surface area contributed by atoms with Crippen LogP contribution in [0.3, 0.4) is 0 Å². The molecule has 1 fully saturated rings. The first-order valence-corrected chi connectivity index (χ1v) is 14.2. The van der Waals surface area contributed by atoms with E-state index in [4.69, 9.17) is 0 Å². The summed E-state index contributed by atoms with van der Waals surface area (Å²) in [5.41, 5.74) is 7.48. The highest BCUT2D eigenvalue weighted by Crippen LogP contribution is 2.29. The van der Waals surface area contributed by atoms with E-state index in [0.29, 0.717) is 34.7 Å². The minimum atomic E-state index is -3.64. The number of piperidine rings is 1. The molecule has 2 amide bonds. The largest absolute Gasteiger partial charge is 0.322 e. The van der Waals surface area contributed by atoms with Crippen molar-refractivity contribution in [1.82, 2.24) is 14.7 Å². The van der Waals surface area contributed by atoms with Gasteiger partial charge in [-0.2, -0.15) is 9.41 Å². The first kappa shape index (κ1) is 28.1. The summed E-state index contributed by atoms with van der Waals surface area (Å²) in [4.78, 5) is 29.6. The first-order valence-electron chi connectivity index (χ1n) is 12.8. The van der Waals surface area contributed by atoms with E-state index in [2.05, 4.69) is 20.8 Å². The molecule has 2 heterocycles. The first-order chi connectivity index (χ1) is 18.6. The zero-order valence-electron chi connectivity index (χ0n) is 22.6. The average Bonchev–Trinajstić information content (AvgIpc) is 2.91. The molecule has 204 valence electrons. The van der Waals surface area contributed by atoms with Gasteiger partial charge < -0.3 is 5.32 Å². The number of anilines is 1. The molecule has 1 aliphatic rings. The molecule has 9 nitrogen and oxygen atoms in total.